The zero-order valence-corrected chi connectivity index (χ0v) is 20.4. The van der Waals surface area contributed by atoms with E-state index < -0.39 is 6.04 Å². The monoisotopic (exact) mass is 498 g/mol. The van der Waals surface area contributed by atoms with E-state index >= 15 is 0 Å². The first kappa shape index (κ1) is 22.2. The number of rotatable bonds is 5. The summed E-state index contributed by atoms with van der Waals surface area (Å²) >= 11 is 1.66. The van der Waals surface area contributed by atoms with E-state index in [2.05, 4.69) is 10.5 Å². The van der Waals surface area contributed by atoms with Crippen molar-refractivity contribution in [1.82, 2.24) is 15.5 Å². The molecule has 2 aliphatic heterocycles. The molecular weight excluding hydrogens is 476 g/mol. The molecule has 0 bridgehead atoms. The number of ether oxygens (including phenoxy) is 2. The van der Waals surface area contributed by atoms with Gasteiger partial charge >= 0.3 is 6.03 Å². The third kappa shape index (κ3) is 3.87. The Morgan fingerprint density at radius 3 is 2.56 bits per heavy atom. The lowest BCUT2D eigenvalue weighted by atomic mass is 9.94. The molecule has 9 heteroatoms. The third-order valence-electron chi connectivity index (χ3n) is 6.24. The highest BCUT2D eigenvalue weighted by atomic mass is 32.2. The maximum Gasteiger partial charge on any atom is 0.327 e. The molecule has 0 aliphatic carbocycles. The molecule has 36 heavy (non-hydrogen) atoms. The van der Waals surface area contributed by atoms with E-state index in [1.54, 1.807) is 28.8 Å². The van der Waals surface area contributed by atoms with Crippen molar-refractivity contribution in [1.29, 1.82) is 0 Å². The van der Waals surface area contributed by atoms with Gasteiger partial charge in [0, 0.05) is 22.2 Å². The number of allylic oxidation sites excluding steroid dienone is 1. The number of nitrogens with zero attached hydrogens (tertiary/aromatic N) is 3. The van der Waals surface area contributed by atoms with Crippen LogP contribution >= 0.6 is 11.8 Å². The van der Waals surface area contributed by atoms with E-state index in [0.29, 0.717) is 34.6 Å². The van der Waals surface area contributed by atoms with Gasteiger partial charge in [0.2, 0.25) is 12.6 Å². The van der Waals surface area contributed by atoms with Crippen molar-refractivity contribution in [3.05, 3.63) is 89.9 Å². The number of hydrogen-bond acceptors (Lipinski definition) is 7. The Kier molecular flexibility index (Phi) is 5.61. The number of urea groups is 1. The summed E-state index contributed by atoms with van der Waals surface area (Å²) < 4.78 is 16.7. The molecule has 3 aromatic carbocycles. The molecule has 8 nitrogen and oxygen atoms in total. The van der Waals surface area contributed by atoms with Crippen molar-refractivity contribution in [2.24, 2.45) is 0 Å². The largest absolute Gasteiger partial charge is 0.454 e. The molecule has 0 spiro atoms. The molecule has 180 valence electrons. The molecule has 3 heterocycles. The molecule has 0 fully saturated rings. The van der Waals surface area contributed by atoms with Gasteiger partial charge in [-0.25, -0.2) is 4.79 Å². The molecule has 0 radical (unpaired) electrons. The van der Waals surface area contributed by atoms with Crippen LogP contribution in [0.1, 0.15) is 24.4 Å². The van der Waals surface area contributed by atoms with Gasteiger partial charge in [0.1, 0.15) is 0 Å². The van der Waals surface area contributed by atoms with Crippen LogP contribution in [-0.4, -0.2) is 29.2 Å². The second-order valence-corrected chi connectivity index (χ2v) is 9.20. The van der Waals surface area contributed by atoms with Crippen molar-refractivity contribution in [3.8, 4) is 22.9 Å². The lowest BCUT2D eigenvalue weighted by molar-refractivity contribution is 0.174. The molecule has 1 atom stereocenters. The first-order chi connectivity index (χ1) is 17.6. The lowest BCUT2D eigenvalue weighted by Gasteiger charge is -2.35. The summed E-state index contributed by atoms with van der Waals surface area (Å²) in [5.74, 6) is 2.06. The molecule has 4 aromatic rings. The van der Waals surface area contributed by atoms with Crippen LogP contribution in [0, 0.1) is 0 Å². The standard InChI is InChI=1S/C27H22N4O4S/c1-16-23(26-29-25(30-35-26)18-6-4-3-5-7-18)24(17-8-11-20(36-2)12-9-17)28-27(32)31(16)19-10-13-21-22(14-19)34-15-33-21/h3-14,24H,15H2,1-2H3,(H,28,32). The Hall–Kier alpha value is -4.24. The maximum absolute atomic E-state index is 13.5. The topological polar surface area (TPSA) is 89.7 Å². The average molecular weight is 499 g/mol. The van der Waals surface area contributed by atoms with Gasteiger partial charge < -0.3 is 19.3 Å². The van der Waals surface area contributed by atoms with Crippen LogP contribution in [-0.2, 0) is 0 Å². The van der Waals surface area contributed by atoms with Crippen LogP contribution in [0.5, 0.6) is 11.5 Å². The number of anilines is 1. The first-order valence-electron chi connectivity index (χ1n) is 11.4. The van der Waals surface area contributed by atoms with Crippen molar-refractivity contribution < 1.29 is 18.8 Å². The number of carbonyl (C=O) groups is 1. The van der Waals surface area contributed by atoms with Crippen LogP contribution in [0.15, 0.2) is 87.9 Å². The number of aromatic nitrogens is 2. The van der Waals surface area contributed by atoms with E-state index in [1.165, 1.54) is 0 Å². The fourth-order valence-corrected chi connectivity index (χ4v) is 4.85. The minimum Gasteiger partial charge on any atom is -0.454 e. The first-order valence-corrected chi connectivity index (χ1v) is 12.6. The fourth-order valence-electron chi connectivity index (χ4n) is 4.44. The minimum atomic E-state index is -0.470. The minimum absolute atomic E-state index is 0.156. The molecule has 1 unspecified atom stereocenters. The Morgan fingerprint density at radius 1 is 1.00 bits per heavy atom. The smallest absolute Gasteiger partial charge is 0.327 e. The summed E-state index contributed by atoms with van der Waals surface area (Å²) in [6, 6.07) is 22.4. The normalized spacial score (nSPS) is 16.9. The van der Waals surface area contributed by atoms with Crippen molar-refractivity contribution in [2.45, 2.75) is 17.9 Å². The van der Waals surface area contributed by atoms with Crippen molar-refractivity contribution in [2.75, 3.05) is 17.9 Å². The van der Waals surface area contributed by atoms with Gasteiger partial charge in [0.15, 0.2) is 11.5 Å². The quantitative estimate of drug-likeness (QED) is 0.343. The Balaban J connectivity index is 1.48. The lowest BCUT2D eigenvalue weighted by Crippen LogP contribution is -2.46. The van der Waals surface area contributed by atoms with Crippen molar-refractivity contribution in [3.63, 3.8) is 0 Å². The van der Waals surface area contributed by atoms with Gasteiger partial charge in [-0.2, -0.15) is 4.98 Å². The van der Waals surface area contributed by atoms with Gasteiger partial charge in [-0.1, -0.05) is 47.6 Å². The number of hydrogen-bond donors (Lipinski definition) is 1. The summed E-state index contributed by atoms with van der Waals surface area (Å²) in [6.07, 6.45) is 2.03. The highest BCUT2D eigenvalue weighted by molar-refractivity contribution is 7.98. The number of thioether (sulfide) groups is 1. The maximum atomic E-state index is 13.5. The van der Waals surface area contributed by atoms with Crippen molar-refractivity contribution >= 4 is 29.1 Å². The van der Waals surface area contributed by atoms with Crippen LogP contribution in [0.25, 0.3) is 17.0 Å². The summed E-state index contributed by atoms with van der Waals surface area (Å²) in [5.41, 5.74) is 3.81. The van der Waals surface area contributed by atoms with Crippen LogP contribution in [0.2, 0.25) is 0 Å². The predicted octanol–water partition coefficient (Wildman–Crippen LogP) is 5.89. The zero-order valence-electron chi connectivity index (χ0n) is 19.6. The molecule has 2 amide bonds. The number of fused-ring (bicyclic) bond motifs is 1. The molecule has 0 saturated heterocycles. The molecule has 1 N–H and O–H groups in total. The Morgan fingerprint density at radius 2 is 1.78 bits per heavy atom. The molecule has 1 aromatic heterocycles. The second kappa shape index (κ2) is 9.09. The predicted molar refractivity (Wildman–Crippen MR) is 137 cm³/mol. The SMILES string of the molecule is CSc1ccc(C2NC(=O)N(c3ccc4c(c3)OCO4)C(C)=C2c2nc(-c3ccccc3)no2)cc1. The summed E-state index contributed by atoms with van der Waals surface area (Å²) in [7, 11) is 0. The average Bonchev–Trinajstić information content (AvgIpc) is 3.59. The van der Waals surface area contributed by atoms with E-state index in [1.807, 2.05) is 73.8 Å². The van der Waals surface area contributed by atoms with Gasteiger partial charge in [0.25, 0.3) is 5.89 Å². The highest BCUT2D eigenvalue weighted by Gasteiger charge is 2.37. The van der Waals surface area contributed by atoms with E-state index in [4.69, 9.17) is 19.0 Å². The summed E-state index contributed by atoms with van der Waals surface area (Å²) in [6.45, 7) is 2.04. The van der Waals surface area contributed by atoms with Gasteiger partial charge in [-0.05, 0) is 43.0 Å². The number of benzene rings is 3. The van der Waals surface area contributed by atoms with Crippen LogP contribution in [0.4, 0.5) is 10.5 Å². The molecular formula is C27H22N4O4S. The number of nitrogens with one attached hydrogen (secondary N) is 1. The van der Waals surface area contributed by atoms with Gasteiger partial charge in [0.05, 0.1) is 17.3 Å². The summed E-state index contributed by atoms with van der Waals surface area (Å²) in [5, 5.41) is 7.36. The molecule has 0 saturated carbocycles. The fraction of sp³-hybridized carbons (Fsp3) is 0.148. The van der Waals surface area contributed by atoms with Gasteiger partial charge in [-0.3, -0.25) is 4.90 Å². The second-order valence-electron chi connectivity index (χ2n) is 8.32. The highest BCUT2D eigenvalue weighted by Crippen LogP contribution is 2.42. The zero-order chi connectivity index (χ0) is 24.6. The Labute approximate surface area is 211 Å². The molecule has 6 rings (SSSR count). The van der Waals surface area contributed by atoms with E-state index in [-0.39, 0.29) is 12.8 Å². The Bertz CT molecular complexity index is 1470. The van der Waals surface area contributed by atoms with Crippen LogP contribution < -0.4 is 19.7 Å². The number of amides is 2. The van der Waals surface area contributed by atoms with Gasteiger partial charge in [-0.15, -0.1) is 11.8 Å². The number of carbonyl (C=O) groups excluding carboxylic acids is 1. The molecule has 2 aliphatic rings. The van der Waals surface area contributed by atoms with Crippen LogP contribution in [0.3, 0.4) is 0 Å². The van der Waals surface area contributed by atoms with E-state index in [0.717, 1.165) is 21.6 Å². The summed E-state index contributed by atoms with van der Waals surface area (Å²) in [4.78, 5) is 20.9. The van der Waals surface area contributed by atoms with E-state index in [9.17, 15) is 4.79 Å². The third-order valence-corrected chi connectivity index (χ3v) is 6.98.